The number of hydrogen-bond donors (Lipinski definition) is 3. The fourth-order valence-corrected chi connectivity index (χ4v) is 3.27. The summed E-state index contributed by atoms with van der Waals surface area (Å²) < 4.78 is 54.5. The molecule has 4 rings (SSSR count). The standard InChI is InChI=1S/C21H16F4N4O/c1-10-2-3-14-16(8-10)29-20(28-14)17-15(5-7-27-21(17)30)26-6-4-11-18(24)12(22)9-13(23)19(11)25/h2-3,5,7-9H,4,6H2,1H3,(H,28,29)(H2,26,27,30). The molecule has 0 aliphatic carbocycles. The second kappa shape index (κ2) is 7.66. The lowest BCUT2D eigenvalue weighted by Crippen LogP contribution is -2.15. The number of aromatic amines is 2. The number of fused-ring (bicyclic) bond motifs is 1. The lowest BCUT2D eigenvalue weighted by atomic mass is 10.1. The molecule has 0 amide bonds. The Hall–Kier alpha value is -3.62. The average molecular weight is 416 g/mol. The predicted octanol–water partition coefficient (Wildman–Crippen LogP) is 4.44. The van der Waals surface area contributed by atoms with Crippen LogP contribution in [0.2, 0.25) is 0 Å². The maximum absolute atomic E-state index is 13.8. The zero-order chi connectivity index (χ0) is 21.4. The van der Waals surface area contributed by atoms with E-state index in [0.717, 1.165) is 11.1 Å². The van der Waals surface area contributed by atoms with Crippen molar-refractivity contribution >= 4 is 16.7 Å². The molecule has 0 unspecified atom stereocenters. The third kappa shape index (κ3) is 3.54. The van der Waals surface area contributed by atoms with Crippen LogP contribution in [-0.4, -0.2) is 21.5 Å². The van der Waals surface area contributed by atoms with Crippen molar-refractivity contribution in [1.29, 1.82) is 0 Å². The van der Waals surface area contributed by atoms with Crippen molar-refractivity contribution < 1.29 is 17.6 Å². The molecule has 0 radical (unpaired) electrons. The quantitative estimate of drug-likeness (QED) is 0.333. The van der Waals surface area contributed by atoms with E-state index in [-0.39, 0.29) is 24.6 Å². The predicted molar refractivity (Wildman–Crippen MR) is 105 cm³/mol. The molecule has 4 aromatic rings. The number of H-pyrrole nitrogens is 2. The number of pyridine rings is 1. The van der Waals surface area contributed by atoms with Gasteiger partial charge in [0.2, 0.25) is 0 Å². The first-order valence-electron chi connectivity index (χ1n) is 9.09. The molecule has 0 saturated heterocycles. The van der Waals surface area contributed by atoms with E-state index < -0.39 is 34.4 Å². The molecule has 0 spiro atoms. The van der Waals surface area contributed by atoms with E-state index in [1.165, 1.54) is 6.20 Å². The first-order chi connectivity index (χ1) is 14.3. The minimum atomic E-state index is -1.46. The Kier molecular flexibility index (Phi) is 5.03. The van der Waals surface area contributed by atoms with Gasteiger partial charge in [-0.3, -0.25) is 4.79 Å². The second-order valence-corrected chi connectivity index (χ2v) is 6.82. The van der Waals surface area contributed by atoms with Crippen LogP contribution in [0.5, 0.6) is 0 Å². The van der Waals surface area contributed by atoms with Crippen LogP contribution in [0.4, 0.5) is 23.2 Å². The van der Waals surface area contributed by atoms with Crippen LogP contribution in [0.3, 0.4) is 0 Å². The molecule has 2 aromatic carbocycles. The molecule has 0 aliphatic heterocycles. The van der Waals surface area contributed by atoms with Gasteiger partial charge in [0.15, 0.2) is 23.3 Å². The van der Waals surface area contributed by atoms with Crippen LogP contribution in [0.15, 0.2) is 41.3 Å². The van der Waals surface area contributed by atoms with E-state index >= 15 is 0 Å². The Bertz CT molecular complexity index is 1290. The summed E-state index contributed by atoms with van der Waals surface area (Å²) in [6.45, 7) is 1.85. The average Bonchev–Trinajstić information content (AvgIpc) is 3.11. The SMILES string of the molecule is Cc1ccc2nc(-c3c(NCCc4c(F)c(F)cc(F)c4F)cc[nH]c3=O)[nH]c2c1. The molecular weight excluding hydrogens is 400 g/mol. The summed E-state index contributed by atoms with van der Waals surface area (Å²) >= 11 is 0. The van der Waals surface area contributed by atoms with Crippen LogP contribution in [0.1, 0.15) is 11.1 Å². The highest BCUT2D eigenvalue weighted by Gasteiger charge is 2.19. The van der Waals surface area contributed by atoms with Gasteiger partial charge in [-0.1, -0.05) is 6.07 Å². The number of rotatable bonds is 5. The van der Waals surface area contributed by atoms with Crippen molar-refractivity contribution in [3.05, 3.63) is 81.3 Å². The Morgan fingerprint density at radius 3 is 2.50 bits per heavy atom. The number of anilines is 1. The molecule has 0 atom stereocenters. The summed E-state index contributed by atoms with van der Waals surface area (Å²) in [7, 11) is 0. The van der Waals surface area contributed by atoms with Crippen molar-refractivity contribution in [2.45, 2.75) is 13.3 Å². The number of aromatic nitrogens is 3. The number of hydrogen-bond acceptors (Lipinski definition) is 3. The summed E-state index contributed by atoms with van der Waals surface area (Å²) in [6, 6.07) is 7.33. The Morgan fingerprint density at radius 1 is 1.03 bits per heavy atom. The molecule has 5 nitrogen and oxygen atoms in total. The van der Waals surface area contributed by atoms with E-state index in [1.807, 2.05) is 25.1 Å². The summed E-state index contributed by atoms with van der Waals surface area (Å²) in [4.78, 5) is 22.5. The highest BCUT2D eigenvalue weighted by Crippen LogP contribution is 2.25. The number of halogens is 4. The van der Waals surface area contributed by atoms with E-state index in [0.29, 0.717) is 17.0 Å². The van der Waals surface area contributed by atoms with Gasteiger partial charge in [0.25, 0.3) is 5.56 Å². The molecule has 2 aromatic heterocycles. The van der Waals surface area contributed by atoms with Gasteiger partial charge in [-0.15, -0.1) is 0 Å². The maximum Gasteiger partial charge on any atom is 0.261 e. The van der Waals surface area contributed by atoms with Crippen LogP contribution < -0.4 is 10.9 Å². The molecule has 30 heavy (non-hydrogen) atoms. The zero-order valence-corrected chi connectivity index (χ0v) is 15.7. The number of benzene rings is 2. The first kappa shape index (κ1) is 19.7. The monoisotopic (exact) mass is 416 g/mol. The fourth-order valence-electron chi connectivity index (χ4n) is 3.27. The van der Waals surface area contributed by atoms with Crippen molar-refractivity contribution in [1.82, 2.24) is 15.0 Å². The second-order valence-electron chi connectivity index (χ2n) is 6.82. The first-order valence-corrected chi connectivity index (χ1v) is 9.09. The minimum absolute atomic E-state index is 0.0769. The zero-order valence-electron chi connectivity index (χ0n) is 15.7. The van der Waals surface area contributed by atoms with Crippen LogP contribution in [0, 0.1) is 30.2 Å². The van der Waals surface area contributed by atoms with Gasteiger partial charge in [0.05, 0.1) is 16.7 Å². The molecular formula is C21H16F4N4O. The maximum atomic E-state index is 13.8. The summed E-state index contributed by atoms with van der Waals surface area (Å²) in [6.07, 6.45) is 1.07. The van der Waals surface area contributed by atoms with Crippen LogP contribution in [-0.2, 0) is 6.42 Å². The third-order valence-electron chi connectivity index (χ3n) is 4.73. The van der Waals surface area contributed by atoms with E-state index in [4.69, 9.17) is 0 Å². The molecule has 2 heterocycles. The number of aryl methyl sites for hydroxylation is 1. The van der Waals surface area contributed by atoms with Crippen molar-refractivity contribution in [3.8, 4) is 11.4 Å². The number of nitrogens with zero attached hydrogens (tertiary/aromatic N) is 1. The number of nitrogens with one attached hydrogen (secondary N) is 3. The molecule has 0 aliphatic rings. The highest BCUT2D eigenvalue weighted by molar-refractivity contribution is 5.83. The van der Waals surface area contributed by atoms with Gasteiger partial charge < -0.3 is 15.3 Å². The van der Waals surface area contributed by atoms with Crippen LogP contribution >= 0.6 is 0 Å². The van der Waals surface area contributed by atoms with Crippen LogP contribution in [0.25, 0.3) is 22.4 Å². The molecule has 3 N–H and O–H groups in total. The third-order valence-corrected chi connectivity index (χ3v) is 4.73. The molecule has 0 saturated carbocycles. The Labute approximate surface area is 167 Å². The molecule has 0 bridgehead atoms. The minimum Gasteiger partial charge on any atom is -0.384 e. The smallest absolute Gasteiger partial charge is 0.261 e. The van der Waals surface area contributed by atoms with Gasteiger partial charge in [0.1, 0.15) is 11.4 Å². The Balaban J connectivity index is 1.64. The van der Waals surface area contributed by atoms with Crippen molar-refractivity contribution in [3.63, 3.8) is 0 Å². The van der Waals surface area contributed by atoms with E-state index in [9.17, 15) is 22.4 Å². The fraction of sp³-hybridized carbons (Fsp3) is 0.143. The summed E-state index contributed by atoms with van der Waals surface area (Å²) in [5.74, 6) is -5.48. The van der Waals surface area contributed by atoms with Gasteiger partial charge in [-0.25, -0.2) is 22.5 Å². The van der Waals surface area contributed by atoms with Gasteiger partial charge >= 0.3 is 0 Å². The molecule has 154 valence electrons. The van der Waals surface area contributed by atoms with E-state index in [1.54, 1.807) is 6.07 Å². The topological polar surface area (TPSA) is 73.6 Å². The van der Waals surface area contributed by atoms with Crippen molar-refractivity contribution in [2.75, 3.05) is 11.9 Å². The van der Waals surface area contributed by atoms with Gasteiger partial charge in [-0.2, -0.15) is 0 Å². The van der Waals surface area contributed by atoms with Crippen molar-refractivity contribution in [2.24, 2.45) is 0 Å². The molecule has 9 heteroatoms. The highest BCUT2D eigenvalue weighted by atomic mass is 19.2. The molecule has 0 fully saturated rings. The summed E-state index contributed by atoms with van der Waals surface area (Å²) in [5, 5.41) is 2.89. The number of imidazole rings is 1. The summed E-state index contributed by atoms with van der Waals surface area (Å²) in [5.41, 5.74) is 1.87. The largest absolute Gasteiger partial charge is 0.384 e. The van der Waals surface area contributed by atoms with E-state index in [2.05, 4.69) is 20.3 Å². The lowest BCUT2D eigenvalue weighted by Gasteiger charge is -2.11. The lowest BCUT2D eigenvalue weighted by molar-refractivity contribution is 0.439. The Morgan fingerprint density at radius 2 is 1.77 bits per heavy atom. The normalized spacial score (nSPS) is 11.2. The van der Waals surface area contributed by atoms with Gasteiger partial charge in [0, 0.05) is 24.4 Å². The van der Waals surface area contributed by atoms with Gasteiger partial charge in [-0.05, 0) is 37.1 Å².